The molecule has 0 spiro atoms. The maximum atomic E-state index is 11.8. The third-order valence-corrected chi connectivity index (χ3v) is 4.21. The quantitative estimate of drug-likeness (QED) is 0.486. The highest BCUT2D eigenvalue weighted by molar-refractivity contribution is 7.13. The Bertz CT molecular complexity index is 992. The Labute approximate surface area is 171 Å². The minimum absolute atomic E-state index is 0.119. The highest BCUT2D eigenvalue weighted by atomic mass is 32.1. The maximum Gasteiger partial charge on any atom is 0.413 e. The Morgan fingerprint density at radius 2 is 2.03 bits per heavy atom. The molecule has 2 heterocycles. The SMILES string of the molecule is Cn1nnnc1C(=NOCc1csc(NC(=O)OC(C)(C)C)n1)c1ccccc1. The number of rotatable bonds is 6. The van der Waals surface area contributed by atoms with E-state index in [1.54, 1.807) is 33.2 Å². The lowest BCUT2D eigenvalue weighted by atomic mass is 10.1. The molecule has 0 aliphatic carbocycles. The molecule has 0 aliphatic heterocycles. The van der Waals surface area contributed by atoms with E-state index in [4.69, 9.17) is 9.57 Å². The van der Waals surface area contributed by atoms with Gasteiger partial charge in [0.05, 0.1) is 5.69 Å². The molecule has 1 N–H and O–H groups in total. The van der Waals surface area contributed by atoms with Crippen LogP contribution in [0.3, 0.4) is 0 Å². The summed E-state index contributed by atoms with van der Waals surface area (Å²) < 4.78 is 6.72. The molecule has 2 aromatic heterocycles. The second-order valence-electron chi connectivity index (χ2n) is 6.98. The third-order valence-electron chi connectivity index (χ3n) is 3.41. The molecule has 0 fully saturated rings. The van der Waals surface area contributed by atoms with E-state index in [0.29, 0.717) is 22.4 Å². The lowest BCUT2D eigenvalue weighted by molar-refractivity contribution is 0.0636. The zero-order chi connectivity index (χ0) is 20.9. The fraction of sp³-hybridized carbons (Fsp3) is 0.333. The minimum Gasteiger partial charge on any atom is -0.444 e. The zero-order valence-electron chi connectivity index (χ0n) is 16.5. The van der Waals surface area contributed by atoms with Crippen LogP contribution in [0, 0.1) is 0 Å². The van der Waals surface area contributed by atoms with Gasteiger partial charge in [-0.1, -0.05) is 35.5 Å². The number of carbonyl (C=O) groups excluding carboxylic acids is 1. The van der Waals surface area contributed by atoms with Crippen LogP contribution in [-0.2, 0) is 23.2 Å². The van der Waals surface area contributed by atoms with Gasteiger partial charge in [-0.15, -0.1) is 16.4 Å². The molecule has 0 atom stereocenters. The molecule has 0 aliphatic rings. The Morgan fingerprint density at radius 3 is 2.69 bits per heavy atom. The van der Waals surface area contributed by atoms with Crippen LogP contribution < -0.4 is 5.32 Å². The van der Waals surface area contributed by atoms with Crippen LogP contribution in [-0.4, -0.2) is 42.6 Å². The number of aryl methyl sites for hydroxylation is 1. The number of nitrogens with one attached hydrogen (secondary N) is 1. The van der Waals surface area contributed by atoms with E-state index >= 15 is 0 Å². The fourth-order valence-electron chi connectivity index (χ4n) is 2.23. The van der Waals surface area contributed by atoms with E-state index in [0.717, 1.165) is 5.56 Å². The Kier molecular flexibility index (Phi) is 6.17. The number of tetrazole rings is 1. The van der Waals surface area contributed by atoms with Crippen molar-refractivity contribution in [3.63, 3.8) is 0 Å². The van der Waals surface area contributed by atoms with Gasteiger partial charge in [0.2, 0.25) is 5.82 Å². The lowest BCUT2D eigenvalue weighted by Crippen LogP contribution is -2.27. The standard InChI is InChI=1S/C18H21N7O3S/c1-18(2,3)28-17(26)20-16-19-13(11-29-16)10-27-22-14(12-8-6-5-7-9-12)15-21-23-24-25(15)4/h5-9,11H,10H2,1-4H3,(H,19,20,26). The van der Waals surface area contributed by atoms with Gasteiger partial charge in [-0.05, 0) is 31.2 Å². The molecule has 1 aromatic carbocycles. The minimum atomic E-state index is -0.579. The van der Waals surface area contributed by atoms with Crippen molar-refractivity contribution in [2.24, 2.45) is 12.2 Å². The summed E-state index contributed by atoms with van der Waals surface area (Å²) in [5, 5.41) is 20.5. The van der Waals surface area contributed by atoms with Crippen LogP contribution in [0.15, 0.2) is 40.9 Å². The number of aromatic nitrogens is 5. The highest BCUT2D eigenvalue weighted by Gasteiger charge is 2.18. The van der Waals surface area contributed by atoms with Crippen molar-refractivity contribution in [3.05, 3.63) is 52.8 Å². The van der Waals surface area contributed by atoms with Gasteiger partial charge in [-0.25, -0.2) is 14.5 Å². The van der Waals surface area contributed by atoms with Crippen molar-refractivity contribution in [1.29, 1.82) is 0 Å². The van der Waals surface area contributed by atoms with E-state index in [2.05, 4.69) is 31.0 Å². The van der Waals surface area contributed by atoms with Gasteiger partial charge in [-0.3, -0.25) is 5.32 Å². The number of amides is 1. The summed E-state index contributed by atoms with van der Waals surface area (Å²) in [6, 6.07) is 9.48. The van der Waals surface area contributed by atoms with Crippen LogP contribution in [0.25, 0.3) is 0 Å². The maximum absolute atomic E-state index is 11.8. The van der Waals surface area contributed by atoms with Crippen molar-refractivity contribution in [1.82, 2.24) is 25.2 Å². The molecule has 29 heavy (non-hydrogen) atoms. The number of nitrogens with zero attached hydrogens (tertiary/aromatic N) is 6. The molecular weight excluding hydrogens is 394 g/mol. The molecule has 0 saturated heterocycles. The van der Waals surface area contributed by atoms with E-state index in [-0.39, 0.29) is 6.61 Å². The van der Waals surface area contributed by atoms with Gasteiger partial charge in [-0.2, -0.15) is 0 Å². The van der Waals surface area contributed by atoms with Gasteiger partial charge in [0.1, 0.15) is 5.60 Å². The van der Waals surface area contributed by atoms with Crippen molar-refractivity contribution < 1.29 is 14.4 Å². The van der Waals surface area contributed by atoms with Crippen molar-refractivity contribution >= 4 is 28.3 Å². The van der Waals surface area contributed by atoms with Crippen molar-refractivity contribution in [2.75, 3.05) is 5.32 Å². The number of anilines is 1. The van der Waals surface area contributed by atoms with Gasteiger partial charge >= 0.3 is 6.09 Å². The van der Waals surface area contributed by atoms with Crippen LogP contribution in [0.4, 0.5) is 9.93 Å². The lowest BCUT2D eigenvalue weighted by Gasteiger charge is -2.18. The fourth-order valence-corrected chi connectivity index (χ4v) is 2.91. The largest absolute Gasteiger partial charge is 0.444 e. The molecule has 0 bridgehead atoms. The molecule has 3 rings (SSSR count). The Morgan fingerprint density at radius 1 is 1.28 bits per heavy atom. The first kappa shape index (κ1) is 20.4. The first-order chi connectivity index (χ1) is 13.8. The number of hydrogen-bond acceptors (Lipinski definition) is 9. The van der Waals surface area contributed by atoms with Crippen LogP contribution in [0.1, 0.15) is 37.9 Å². The monoisotopic (exact) mass is 415 g/mol. The predicted octanol–water partition coefficient (Wildman–Crippen LogP) is 2.98. The van der Waals surface area contributed by atoms with Crippen LogP contribution in [0.2, 0.25) is 0 Å². The average molecular weight is 415 g/mol. The molecule has 11 heteroatoms. The van der Waals surface area contributed by atoms with Gasteiger partial charge in [0.15, 0.2) is 17.5 Å². The molecule has 10 nitrogen and oxygen atoms in total. The molecule has 0 saturated carbocycles. The average Bonchev–Trinajstić information content (AvgIpc) is 3.27. The number of ether oxygens (including phenoxy) is 1. The normalized spacial score (nSPS) is 11.9. The summed E-state index contributed by atoms with van der Waals surface area (Å²) in [6.07, 6.45) is -0.557. The number of benzene rings is 1. The summed E-state index contributed by atoms with van der Waals surface area (Å²) in [5.41, 5.74) is 1.36. The predicted molar refractivity (Wildman–Crippen MR) is 108 cm³/mol. The Hall–Kier alpha value is -3.34. The molecule has 152 valence electrons. The number of thiazole rings is 1. The molecule has 3 aromatic rings. The third kappa shape index (κ3) is 5.82. The molecule has 1 amide bonds. The highest BCUT2D eigenvalue weighted by Crippen LogP contribution is 2.18. The number of oxime groups is 1. The van der Waals surface area contributed by atoms with Crippen LogP contribution >= 0.6 is 11.3 Å². The zero-order valence-corrected chi connectivity index (χ0v) is 17.3. The Balaban J connectivity index is 1.67. The summed E-state index contributed by atoms with van der Waals surface area (Å²) in [4.78, 5) is 21.6. The van der Waals surface area contributed by atoms with E-state index < -0.39 is 11.7 Å². The second-order valence-corrected chi connectivity index (χ2v) is 7.83. The van der Waals surface area contributed by atoms with Gasteiger partial charge in [0, 0.05) is 18.0 Å². The summed E-state index contributed by atoms with van der Waals surface area (Å²) in [7, 11) is 1.73. The van der Waals surface area contributed by atoms with E-state index in [1.807, 2.05) is 30.3 Å². The van der Waals surface area contributed by atoms with Crippen molar-refractivity contribution in [2.45, 2.75) is 33.0 Å². The summed E-state index contributed by atoms with van der Waals surface area (Å²) in [6.45, 7) is 5.50. The molecule has 0 radical (unpaired) electrons. The molecular formula is C18H21N7O3S. The molecule has 0 unspecified atom stereocenters. The second kappa shape index (κ2) is 8.78. The van der Waals surface area contributed by atoms with Crippen LogP contribution in [0.5, 0.6) is 0 Å². The van der Waals surface area contributed by atoms with Crippen molar-refractivity contribution in [3.8, 4) is 0 Å². The first-order valence-electron chi connectivity index (χ1n) is 8.74. The van der Waals surface area contributed by atoms with Gasteiger partial charge < -0.3 is 9.57 Å². The van der Waals surface area contributed by atoms with E-state index in [9.17, 15) is 4.79 Å². The summed E-state index contributed by atoms with van der Waals surface area (Å²) >= 11 is 1.27. The number of hydrogen-bond donors (Lipinski definition) is 1. The smallest absolute Gasteiger partial charge is 0.413 e. The topological polar surface area (TPSA) is 116 Å². The van der Waals surface area contributed by atoms with E-state index in [1.165, 1.54) is 16.0 Å². The van der Waals surface area contributed by atoms with Gasteiger partial charge in [0.25, 0.3) is 0 Å². The first-order valence-corrected chi connectivity index (χ1v) is 9.62. The summed E-state index contributed by atoms with van der Waals surface area (Å²) in [5.74, 6) is 0.474. The number of carbonyl (C=O) groups is 1.